The van der Waals surface area contributed by atoms with Crippen LogP contribution in [-0.2, 0) is 24.2 Å². The number of nitrogens with one attached hydrogen (secondary N) is 2. The maximum Gasteiger partial charge on any atom is 0.695 e. The van der Waals surface area contributed by atoms with Gasteiger partial charge in [-0.3, -0.25) is 9.78 Å². The van der Waals surface area contributed by atoms with Crippen molar-refractivity contribution in [3.63, 3.8) is 0 Å². The Kier molecular flexibility index (Phi) is 10.7. The molecule has 0 saturated carbocycles. The number of anilines is 1. The minimum atomic E-state index is -2.96. The van der Waals surface area contributed by atoms with Crippen LogP contribution in [0.2, 0.25) is 0 Å². The zero-order chi connectivity index (χ0) is 35.4. The van der Waals surface area contributed by atoms with Crippen LogP contribution >= 0.6 is 8.25 Å². The summed E-state index contributed by atoms with van der Waals surface area (Å²) in [5.74, 6) is 2.07. The molecule has 3 aromatic carbocycles. The molecule has 0 amide bonds. The average molecular weight is 702 g/mol. The van der Waals surface area contributed by atoms with E-state index in [1.807, 2.05) is 92.0 Å². The van der Waals surface area contributed by atoms with Crippen LogP contribution in [0.1, 0.15) is 48.8 Å². The Morgan fingerprint density at radius 1 is 1.00 bits per heavy atom. The number of aryl methyl sites for hydroxylation is 1. The first-order valence-electron chi connectivity index (χ1n) is 16.4. The van der Waals surface area contributed by atoms with Crippen LogP contribution in [0.4, 0.5) is 5.95 Å². The van der Waals surface area contributed by atoms with Gasteiger partial charge in [0.05, 0.1) is 26.2 Å². The van der Waals surface area contributed by atoms with E-state index >= 15 is 0 Å². The van der Waals surface area contributed by atoms with E-state index in [9.17, 15) is 14.3 Å². The minimum absolute atomic E-state index is 0.0231. The number of hydrogen-bond acceptors (Lipinski definition) is 9. The van der Waals surface area contributed by atoms with E-state index in [2.05, 4.69) is 24.1 Å². The van der Waals surface area contributed by atoms with Crippen LogP contribution in [0, 0.1) is 12.8 Å². The Labute approximate surface area is 291 Å². The van der Waals surface area contributed by atoms with Gasteiger partial charge in [0, 0.05) is 23.7 Å². The molecule has 1 aliphatic heterocycles. The van der Waals surface area contributed by atoms with Crippen LogP contribution in [0.25, 0.3) is 11.0 Å². The first-order valence-corrected chi connectivity index (χ1v) is 17.6. The number of rotatable bonds is 14. The summed E-state index contributed by atoms with van der Waals surface area (Å²) in [6.45, 7) is 6.56. The van der Waals surface area contributed by atoms with Gasteiger partial charge in [-0.25, -0.2) is 0 Å². The molecule has 6 rings (SSSR count). The van der Waals surface area contributed by atoms with Crippen molar-refractivity contribution in [3.8, 4) is 11.5 Å². The Morgan fingerprint density at radius 3 is 2.16 bits per heavy atom. The number of nitrogens with zero attached hydrogens (tertiary/aromatic N) is 2. The molecule has 0 bridgehead atoms. The lowest BCUT2D eigenvalue weighted by Crippen LogP contribution is -2.38. The molecular formula is C37H42N4O8P+. The molecule has 1 aliphatic rings. The minimum Gasteiger partial charge on any atom is -0.497 e. The van der Waals surface area contributed by atoms with E-state index in [1.165, 1.54) is 0 Å². The van der Waals surface area contributed by atoms with Crippen LogP contribution in [0.3, 0.4) is 0 Å². The molecule has 3 heterocycles. The Hall–Kier alpha value is -4.58. The van der Waals surface area contributed by atoms with E-state index in [0.717, 1.165) is 22.3 Å². The topological polar surface area (TPSA) is 146 Å². The van der Waals surface area contributed by atoms with Crippen molar-refractivity contribution in [1.82, 2.24) is 14.5 Å². The van der Waals surface area contributed by atoms with Gasteiger partial charge in [0.1, 0.15) is 35.5 Å². The largest absolute Gasteiger partial charge is 0.695 e. The fourth-order valence-electron chi connectivity index (χ4n) is 6.47. The highest BCUT2D eigenvalue weighted by Crippen LogP contribution is 2.44. The highest BCUT2D eigenvalue weighted by Gasteiger charge is 2.46. The Bertz CT molecular complexity index is 1930. The number of ether oxygens (including phenoxy) is 4. The van der Waals surface area contributed by atoms with Crippen LogP contribution in [0.15, 0.2) is 89.9 Å². The quantitative estimate of drug-likeness (QED) is 0.0873. The predicted molar refractivity (Wildman–Crippen MR) is 190 cm³/mol. The fourth-order valence-corrected chi connectivity index (χ4v) is 6.92. The van der Waals surface area contributed by atoms with Gasteiger partial charge in [0.15, 0.2) is 5.65 Å². The molecule has 0 spiro atoms. The molecule has 0 radical (unpaired) electrons. The summed E-state index contributed by atoms with van der Waals surface area (Å²) in [7, 11) is 0.267. The molecule has 1 fully saturated rings. The highest BCUT2D eigenvalue weighted by molar-refractivity contribution is 7.32. The lowest BCUT2D eigenvalue weighted by atomic mass is 9.80. The van der Waals surface area contributed by atoms with Gasteiger partial charge in [-0.1, -0.05) is 68.4 Å². The van der Waals surface area contributed by atoms with E-state index in [0.29, 0.717) is 40.9 Å². The highest BCUT2D eigenvalue weighted by atomic mass is 31.1. The normalized spacial score (nSPS) is 18.1. The van der Waals surface area contributed by atoms with E-state index < -0.39 is 32.3 Å². The molecule has 2 aromatic heterocycles. The third-order valence-corrected chi connectivity index (χ3v) is 9.35. The molecule has 262 valence electrons. The second-order valence-corrected chi connectivity index (χ2v) is 13.4. The Balaban J connectivity index is 1.40. The average Bonchev–Trinajstić information content (AvgIpc) is 3.68. The molecule has 12 nitrogen and oxygen atoms in total. The third kappa shape index (κ3) is 7.17. The van der Waals surface area contributed by atoms with Gasteiger partial charge in [0.2, 0.25) is 5.95 Å². The molecule has 3 N–H and O–H groups in total. The van der Waals surface area contributed by atoms with Crippen molar-refractivity contribution in [3.05, 3.63) is 118 Å². The summed E-state index contributed by atoms with van der Waals surface area (Å²) in [6.07, 6.45) is -0.228. The molecule has 4 atom stereocenters. The van der Waals surface area contributed by atoms with Crippen LogP contribution < -0.4 is 20.3 Å². The molecule has 13 heteroatoms. The van der Waals surface area contributed by atoms with Gasteiger partial charge in [0.25, 0.3) is 5.56 Å². The number of aromatic amines is 1. The zero-order valence-corrected chi connectivity index (χ0v) is 29.6. The van der Waals surface area contributed by atoms with Crippen molar-refractivity contribution >= 4 is 25.2 Å². The van der Waals surface area contributed by atoms with Gasteiger partial charge in [-0.15, -0.1) is 9.42 Å². The summed E-state index contributed by atoms with van der Waals surface area (Å²) < 4.78 is 44.0. The predicted octanol–water partition coefficient (Wildman–Crippen LogP) is 6.45. The number of H-pyrrole nitrogens is 1. The number of hydrogen-bond donors (Lipinski definition) is 3. The van der Waals surface area contributed by atoms with Crippen molar-refractivity contribution in [2.24, 2.45) is 5.92 Å². The summed E-state index contributed by atoms with van der Waals surface area (Å²) in [5, 5.41) is 3.63. The van der Waals surface area contributed by atoms with Crippen molar-refractivity contribution in [1.29, 1.82) is 0 Å². The summed E-state index contributed by atoms with van der Waals surface area (Å²) in [4.78, 5) is 30.6. The standard InChI is InChI=1S/C37H41N4O8P/c1-23(2)20-38-36-39-34-33(35(42)40-36)24(3)21-41(34)32-19-30(49-50(43)44)31(48-32)22-47-37(25-9-7-6-8-10-25,26-11-15-28(45-4)16-12-26)27-13-17-29(46-5)18-14-27/h6-18,21,23,30-32H,19-20,22H2,1-5H3,(H2-,38,39,40,42,43,44)/p+1/t30-,31+,32+/m0/s1. The zero-order valence-electron chi connectivity index (χ0n) is 28.7. The van der Waals surface area contributed by atoms with E-state index in [-0.39, 0.29) is 18.6 Å². The van der Waals surface area contributed by atoms with Gasteiger partial charge < -0.3 is 28.8 Å². The third-order valence-electron chi connectivity index (χ3n) is 8.90. The van der Waals surface area contributed by atoms with Crippen molar-refractivity contribution < 1.29 is 32.9 Å². The second kappa shape index (κ2) is 15.1. The molecule has 1 unspecified atom stereocenters. The summed E-state index contributed by atoms with van der Waals surface area (Å²) >= 11 is 0. The lowest BCUT2D eigenvalue weighted by Gasteiger charge is -2.37. The number of fused-ring (bicyclic) bond motifs is 1. The number of aromatic nitrogens is 3. The monoisotopic (exact) mass is 701 g/mol. The van der Waals surface area contributed by atoms with Crippen molar-refractivity contribution in [2.75, 3.05) is 32.7 Å². The maximum absolute atomic E-state index is 13.1. The van der Waals surface area contributed by atoms with Crippen molar-refractivity contribution in [2.45, 2.75) is 51.2 Å². The SMILES string of the molecule is COc1ccc(C(OC[C@H]2O[C@@H](n3cc(C)c4c(=O)[nH]c(NCC(C)C)nc43)C[C@@H]2O[P+](=O)O)(c2ccccc2)c2ccc(OC)cc2)cc1. The van der Waals surface area contributed by atoms with E-state index in [4.69, 9.17) is 28.5 Å². The fraction of sp³-hybridized carbons (Fsp3) is 0.351. The Morgan fingerprint density at radius 2 is 1.60 bits per heavy atom. The van der Waals surface area contributed by atoms with Crippen LogP contribution in [-0.4, -0.2) is 59.0 Å². The first kappa shape index (κ1) is 35.3. The second-order valence-electron chi connectivity index (χ2n) is 12.7. The molecule has 0 aliphatic carbocycles. The number of benzene rings is 3. The summed E-state index contributed by atoms with van der Waals surface area (Å²) in [6, 6.07) is 25.2. The van der Waals surface area contributed by atoms with E-state index in [1.54, 1.807) is 18.8 Å². The smallest absolute Gasteiger partial charge is 0.497 e. The van der Waals surface area contributed by atoms with Crippen LogP contribution in [0.5, 0.6) is 11.5 Å². The molecule has 1 saturated heterocycles. The number of methoxy groups -OCH3 is 2. The molecular weight excluding hydrogens is 659 g/mol. The van der Waals surface area contributed by atoms with Gasteiger partial charge >= 0.3 is 8.25 Å². The lowest BCUT2D eigenvalue weighted by molar-refractivity contribution is -0.0902. The first-order chi connectivity index (χ1) is 24.1. The molecule has 5 aromatic rings. The summed E-state index contributed by atoms with van der Waals surface area (Å²) in [5.41, 5.74) is 2.25. The van der Waals surface area contributed by atoms with Gasteiger partial charge in [-0.2, -0.15) is 4.98 Å². The maximum atomic E-state index is 13.1. The van der Waals surface area contributed by atoms with Gasteiger partial charge in [-0.05, 0) is 59.4 Å². The molecule has 50 heavy (non-hydrogen) atoms.